The number of hydrogen-bond donors (Lipinski definition) is 0. The summed E-state index contributed by atoms with van der Waals surface area (Å²) in [6.45, 7) is 24.1. The molecule has 1 aromatic rings. The lowest BCUT2D eigenvalue weighted by molar-refractivity contribution is -0.156. The first-order valence-electron chi connectivity index (χ1n) is 12.8. The first-order valence-corrected chi connectivity index (χ1v) is 15.7. The van der Waals surface area contributed by atoms with Gasteiger partial charge in [-0.1, -0.05) is 58.1 Å². The van der Waals surface area contributed by atoms with Crippen molar-refractivity contribution in [3.8, 4) is 5.75 Å². The first-order chi connectivity index (χ1) is 16.2. The van der Waals surface area contributed by atoms with E-state index in [1.165, 1.54) is 0 Å². The molecule has 0 bridgehead atoms. The van der Waals surface area contributed by atoms with E-state index in [1.54, 1.807) is 7.11 Å². The summed E-state index contributed by atoms with van der Waals surface area (Å²) < 4.78 is 30.9. The molecule has 35 heavy (non-hydrogen) atoms. The largest absolute Gasteiger partial charge is 0.497 e. The maximum Gasteiger partial charge on any atom is 0.192 e. The van der Waals surface area contributed by atoms with E-state index in [-0.39, 0.29) is 35.4 Å². The van der Waals surface area contributed by atoms with Crippen molar-refractivity contribution in [1.29, 1.82) is 0 Å². The van der Waals surface area contributed by atoms with Gasteiger partial charge >= 0.3 is 0 Å². The Morgan fingerprint density at radius 1 is 1.09 bits per heavy atom. The molecule has 0 spiro atoms. The van der Waals surface area contributed by atoms with Crippen molar-refractivity contribution in [2.75, 3.05) is 7.11 Å². The highest BCUT2D eigenvalue weighted by Gasteiger charge is 2.44. The van der Waals surface area contributed by atoms with Crippen molar-refractivity contribution in [2.24, 2.45) is 5.92 Å². The zero-order chi connectivity index (χ0) is 26.4. The summed E-state index contributed by atoms with van der Waals surface area (Å²) in [7, 11) is -0.183. The van der Waals surface area contributed by atoms with E-state index >= 15 is 0 Å². The highest BCUT2D eigenvalue weighted by atomic mass is 28.4. The lowest BCUT2D eigenvalue weighted by atomic mass is 10.0. The Morgan fingerprint density at radius 2 is 1.71 bits per heavy atom. The minimum atomic E-state index is -1.85. The number of methoxy groups -OCH3 is 1. The molecule has 0 aliphatic carbocycles. The summed E-state index contributed by atoms with van der Waals surface area (Å²) in [5.74, 6) is 0.387. The molecule has 0 unspecified atom stereocenters. The average Bonchev–Trinajstić information content (AvgIpc) is 3.07. The minimum absolute atomic E-state index is 0.107. The second-order valence-electron chi connectivity index (χ2n) is 11.6. The van der Waals surface area contributed by atoms with E-state index in [0.717, 1.165) is 11.3 Å². The van der Waals surface area contributed by atoms with Crippen LogP contribution in [0.4, 0.5) is 0 Å². The molecule has 0 aromatic heterocycles. The van der Waals surface area contributed by atoms with Crippen LogP contribution in [0.15, 0.2) is 49.1 Å². The van der Waals surface area contributed by atoms with Crippen LogP contribution in [-0.2, 0) is 25.2 Å². The van der Waals surface area contributed by atoms with Crippen LogP contribution in [0.3, 0.4) is 0 Å². The number of benzene rings is 1. The van der Waals surface area contributed by atoms with Crippen molar-refractivity contribution < 1.29 is 23.4 Å². The molecule has 6 heteroatoms. The number of ether oxygens (including phenoxy) is 4. The summed E-state index contributed by atoms with van der Waals surface area (Å²) in [4.78, 5) is 0. The highest BCUT2D eigenvalue weighted by molar-refractivity contribution is 6.74. The predicted molar refractivity (Wildman–Crippen MR) is 146 cm³/mol. The van der Waals surface area contributed by atoms with Gasteiger partial charge in [-0.25, -0.2) is 0 Å². The topological polar surface area (TPSA) is 46.2 Å². The quantitative estimate of drug-likeness (QED) is 0.221. The molecule has 1 aromatic carbocycles. The van der Waals surface area contributed by atoms with Crippen LogP contribution < -0.4 is 4.74 Å². The molecule has 1 saturated heterocycles. The highest BCUT2D eigenvalue weighted by Crippen LogP contribution is 2.38. The van der Waals surface area contributed by atoms with Crippen LogP contribution in [0.25, 0.3) is 0 Å². The van der Waals surface area contributed by atoms with Gasteiger partial charge in [0.05, 0.1) is 19.8 Å². The van der Waals surface area contributed by atoms with Crippen molar-refractivity contribution in [3.63, 3.8) is 0 Å². The van der Waals surface area contributed by atoms with Gasteiger partial charge in [0.15, 0.2) is 14.1 Å². The summed E-state index contributed by atoms with van der Waals surface area (Å²) >= 11 is 0. The lowest BCUT2D eigenvalue weighted by Crippen LogP contribution is -2.44. The Labute approximate surface area is 215 Å². The van der Waals surface area contributed by atoms with Gasteiger partial charge in [0.25, 0.3) is 0 Å². The fourth-order valence-electron chi connectivity index (χ4n) is 3.85. The Balaban J connectivity index is 2.20. The first kappa shape index (κ1) is 29.8. The molecule has 1 aliphatic rings. The molecule has 1 fully saturated rings. The molecule has 0 radical (unpaired) electrons. The van der Waals surface area contributed by atoms with E-state index in [0.29, 0.717) is 13.0 Å². The van der Waals surface area contributed by atoms with Gasteiger partial charge in [0.2, 0.25) is 0 Å². The maximum absolute atomic E-state index is 6.63. The van der Waals surface area contributed by atoms with Crippen LogP contribution in [0.5, 0.6) is 5.75 Å². The number of rotatable bonds is 12. The normalized spacial score (nSPS) is 23.3. The van der Waals surface area contributed by atoms with Gasteiger partial charge in [0.1, 0.15) is 18.0 Å². The van der Waals surface area contributed by atoms with E-state index < -0.39 is 14.1 Å². The van der Waals surface area contributed by atoms with Gasteiger partial charge in [-0.2, -0.15) is 0 Å². The van der Waals surface area contributed by atoms with Crippen molar-refractivity contribution in [2.45, 2.75) is 110 Å². The smallest absolute Gasteiger partial charge is 0.192 e. The molecule has 5 atom stereocenters. The molecule has 0 saturated carbocycles. The van der Waals surface area contributed by atoms with Gasteiger partial charge < -0.3 is 23.4 Å². The second kappa shape index (κ2) is 12.2. The molecule has 1 aliphatic heterocycles. The zero-order valence-corrected chi connectivity index (χ0v) is 24.6. The maximum atomic E-state index is 6.63. The third kappa shape index (κ3) is 8.57. The van der Waals surface area contributed by atoms with E-state index in [4.69, 9.17) is 23.4 Å². The van der Waals surface area contributed by atoms with Crippen molar-refractivity contribution in [3.05, 3.63) is 54.6 Å². The molecule has 1 heterocycles. The Kier molecular flexibility index (Phi) is 10.4. The van der Waals surface area contributed by atoms with E-state index in [1.807, 2.05) is 44.2 Å². The molecular formula is C29H48O5Si. The Morgan fingerprint density at radius 3 is 2.26 bits per heavy atom. The summed E-state index contributed by atoms with van der Waals surface area (Å²) in [5.41, 5.74) is 1.07. The molecule has 0 N–H and O–H groups in total. The summed E-state index contributed by atoms with van der Waals surface area (Å²) in [5, 5.41) is 0.174. The lowest BCUT2D eigenvalue weighted by Gasteiger charge is -2.39. The van der Waals surface area contributed by atoms with E-state index in [2.05, 4.69) is 66.4 Å². The van der Waals surface area contributed by atoms with Crippen LogP contribution >= 0.6 is 0 Å². The summed E-state index contributed by atoms with van der Waals surface area (Å²) in [6.07, 6.45) is 6.39. The molecule has 5 nitrogen and oxygen atoms in total. The Hall–Kier alpha value is -1.44. The predicted octanol–water partition coefficient (Wildman–Crippen LogP) is 7.28. The SMILES string of the molecule is C=CC[C@@H]1OC(C)(C)O[C@@H]1[C@@H](/C=C\[C@@H](C)[C@@H](C)O[Si](C)(C)C(C)(C)C)OCc1ccc(OC)cc1. The van der Waals surface area contributed by atoms with Gasteiger partial charge in [-0.15, -0.1) is 6.58 Å². The van der Waals surface area contributed by atoms with E-state index in [9.17, 15) is 0 Å². The monoisotopic (exact) mass is 504 g/mol. The number of hydrogen-bond acceptors (Lipinski definition) is 5. The van der Waals surface area contributed by atoms with Crippen LogP contribution in [0.1, 0.15) is 60.5 Å². The van der Waals surface area contributed by atoms with Crippen molar-refractivity contribution >= 4 is 8.32 Å². The van der Waals surface area contributed by atoms with Gasteiger partial charge in [-0.05, 0) is 68.9 Å². The third-order valence-corrected chi connectivity index (χ3v) is 11.8. The third-order valence-electron chi connectivity index (χ3n) is 7.18. The molecular weight excluding hydrogens is 456 g/mol. The fourth-order valence-corrected chi connectivity index (χ4v) is 5.35. The Bertz CT molecular complexity index is 824. The zero-order valence-electron chi connectivity index (χ0n) is 23.6. The molecule has 198 valence electrons. The van der Waals surface area contributed by atoms with Gasteiger partial charge in [-0.3, -0.25) is 0 Å². The molecule has 2 rings (SSSR count). The van der Waals surface area contributed by atoms with Crippen molar-refractivity contribution in [1.82, 2.24) is 0 Å². The average molecular weight is 505 g/mol. The van der Waals surface area contributed by atoms with Crippen LogP contribution in [0, 0.1) is 5.92 Å². The van der Waals surface area contributed by atoms with Crippen LogP contribution in [-0.4, -0.2) is 45.6 Å². The van der Waals surface area contributed by atoms with Gasteiger partial charge in [0, 0.05) is 6.10 Å². The second-order valence-corrected chi connectivity index (χ2v) is 16.4. The van der Waals surface area contributed by atoms with Crippen LogP contribution in [0.2, 0.25) is 18.1 Å². The standard InChI is InChI=1S/C29H48O5Si/c1-12-13-26-27(33-29(7,8)32-26)25(31-20-23-15-17-24(30-9)18-16-23)19-14-21(2)22(3)34-35(10,11)28(4,5)6/h12,14-19,21-22,25-27H,1,13,20H2,2-11H3/b19-14-/t21-,22-,25-,26+,27-/m1/s1. The fraction of sp³-hybridized carbons (Fsp3) is 0.655. The molecule has 0 amide bonds. The minimum Gasteiger partial charge on any atom is -0.497 e. The summed E-state index contributed by atoms with van der Waals surface area (Å²) in [6, 6.07) is 7.94.